The largest absolute Gasteiger partial charge is 0.573 e. The van der Waals surface area contributed by atoms with Crippen LogP contribution in [0.1, 0.15) is 0 Å². The van der Waals surface area contributed by atoms with Gasteiger partial charge in [-0.05, 0) is 40.2 Å². The van der Waals surface area contributed by atoms with E-state index < -0.39 is 6.36 Å². The maximum Gasteiger partial charge on any atom is 0.573 e. The summed E-state index contributed by atoms with van der Waals surface area (Å²) in [5.41, 5.74) is 0.585. The molecule has 0 unspecified atom stereocenters. The highest BCUT2D eigenvalue weighted by atomic mass is 79.9. The summed E-state index contributed by atoms with van der Waals surface area (Å²) in [7, 11) is 0. The molecule has 0 spiro atoms. The van der Waals surface area contributed by atoms with Crippen molar-refractivity contribution in [2.45, 2.75) is 12.4 Å². The molecule has 0 saturated carbocycles. The van der Waals surface area contributed by atoms with Gasteiger partial charge in [-0.1, -0.05) is 0 Å². The maximum atomic E-state index is 12.2. The second-order valence-electron chi connectivity index (χ2n) is 4.54. The van der Waals surface area contributed by atoms with E-state index in [9.17, 15) is 13.2 Å². The van der Waals surface area contributed by atoms with Gasteiger partial charge in [0.25, 0.3) is 0 Å². The summed E-state index contributed by atoms with van der Waals surface area (Å²) in [6.45, 7) is 0. The number of aromatic nitrogens is 3. The molecule has 1 N–H and O–H groups in total. The third-order valence-corrected chi connectivity index (χ3v) is 4.48. The predicted molar refractivity (Wildman–Crippen MR) is 80.5 cm³/mol. The van der Waals surface area contributed by atoms with Crippen LogP contribution in [0, 0.1) is 0 Å². The van der Waals surface area contributed by atoms with Crippen molar-refractivity contribution >= 4 is 33.6 Å². The molecule has 0 amide bonds. The third-order valence-electron chi connectivity index (χ3n) is 2.87. The first kappa shape index (κ1) is 15.5. The number of hydrogen-bond donors (Lipinski definition) is 1. The SMILES string of the molecule is FC(F)(F)Oc1ccc(-n2nc(Br)nc2NC2CSC2)cc1. The Morgan fingerprint density at radius 3 is 2.50 bits per heavy atom. The van der Waals surface area contributed by atoms with Crippen molar-refractivity contribution in [2.24, 2.45) is 0 Å². The van der Waals surface area contributed by atoms with Crippen LogP contribution in [0.3, 0.4) is 0 Å². The van der Waals surface area contributed by atoms with E-state index in [1.165, 1.54) is 28.9 Å². The lowest BCUT2D eigenvalue weighted by atomic mass is 10.3. The highest BCUT2D eigenvalue weighted by molar-refractivity contribution is 9.10. The number of benzene rings is 1. The number of ether oxygens (including phenoxy) is 1. The van der Waals surface area contributed by atoms with Crippen LogP contribution in [0.25, 0.3) is 5.69 Å². The Morgan fingerprint density at radius 1 is 1.27 bits per heavy atom. The van der Waals surface area contributed by atoms with Crippen molar-refractivity contribution in [3.05, 3.63) is 29.0 Å². The van der Waals surface area contributed by atoms with E-state index in [1.54, 1.807) is 0 Å². The number of alkyl halides is 3. The topological polar surface area (TPSA) is 52.0 Å². The Balaban J connectivity index is 1.81. The molecule has 1 aliphatic rings. The predicted octanol–water partition coefficient (Wildman–Crippen LogP) is 3.46. The molecule has 1 fully saturated rings. The average Bonchev–Trinajstić information content (AvgIpc) is 2.74. The molecule has 1 saturated heterocycles. The van der Waals surface area contributed by atoms with Crippen LogP contribution in [0.15, 0.2) is 29.0 Å². The fraction of sp³-hybridized carbons (Fsp3) is 0.333. The number of anilines is 1. The van der Waals surface area contributed by atoms with Gasteiger partial charge in [0.2, 0.25) is 10.7 Å². The summed E-state index contributed by atoms with van der Waals surface area (Å²) in [6, 6.07) is 5.78. The molecule has 3 rings (SSSR count). The second-order valence-corrected chi connectivity index (χ2v) is 6.32. The average molecular weight is 395 g/mol. The van der Waals surface area contributed by atoms with Gasteiger partial charge in [-0.25, -0.2) is 0 Å². The minimum Gasteiger partial charge on any atom is -0.406 e. The molecule has 0 radical (unpaired) electrons. The number of halogens is 4. The fourth-order valence-electron chi connectivity index (χ4n) is 1.85. The molecule has 0 bridgehead atoms. The molecule has 118 valence electrons. The summed E-state index contributed by atoms with van der Waals surface area (Å²) in [6.07, 6.45) is -4.70. The summed E-state index contributed by atoms with van der Waals surface area (Å²) >= 11 is 5.03. The van der Waals surface area contributed by atoms with Crippen LogP contribution in [0.4, 0.5) is 19.1 Å². The zero-order chi connectivity index (χ0) is 15.7. The number of nitrogens with zero attached hydrogens (tertiary/aromatic N) is 3. The van der Waals surface area contributed by atoms with Gasteiger partial charge >= 0.3 is 6.36 Å². The molecule has 0 atom stereocenters. The minimum atomic E-state index is -4.70. The Hall–Kier alpha value is -1.42. The molecule has 1 aromatic heterocycles. The number of rotatable bonds is 4. The number of nitrogens with one attached hydrogen (secondary N) is 1. The Morgan fingerprint density at radius 2 is 1.95 bits per heavy atom. The quantitative estimate of drug-likeness (QED) is 0.860. The van der Waals surface area contributed by atoms with Crippen molar-refractivity contribution < 1.29 is 17.9 Å². The lowest BCUT2D eigenvalue weighted by molar-refractivity contribution is -0.274. The molecule has 5 nitrogen and oxygen atoms in total. The van der Waals surface area contributed by atoms with Crippen LogP contribution in [0.2, 0.25) is 0 Å². The van der Waals surface area contributed by atoms with Crippen LogP contribution in [-0.2, 0) is 0 Å². The van der Waals surface area contributed by atoms with E-state index >= 15 is 0 Å². The molecule has 0 aliphatic carbocycles. The Kier molecular flexibility index (Phi) is 4.22. The van der Waals surface area contributed by atoms with Crippen molar-refractivity contribution in [3.63, 3.8) is 0 Å². The third kappa shape index (κ3) is 3.67. The van der Waals surface area contributed by atoms with E-state index in [0.717, 1.165) is 11.5 Å². The molecule has 1 aliphatic heterocycles. The van der Waals surface area contributed by atoms with Gasteiger partial charge in [0, 0.05) is 17.5 Å². The molecule has 2 heterocycles. The Labute approximate surface area is 136 Å². The molecule has 2 aromatic rings. The van der Waals surface area contributed by atoms with Gasteiger partial charge < -0.3 is 10.1 Å². The highest BCUT2D eigenvalue weighted by Gasteiger charge is 2.31. The number of thioether (sulfide) groups is 1. The molecular formula is C12H10BrF3N4OS. The highest BCUT2D eigenvalue weighted by Crippen LogP contribution is 2.26. The Bertz CT molecular complexity index is 657. The van der Waals surface area contributed by atoms with E-state index in [2.05, 4.69) is 36.1 Å². The second kappa shape index (κ2) is 5.99. The monoisotopic (exact) mass is 394 g/mol. The van der Waals surface area contributed by atoms with Crippen LogP contribution in [-0.4, -0.2) is 38.7 Å². The smallest absolute Gasteiger partial charge is 0.406 e. The van der Waals surface area contributed by atoms with Crippen LogP contribution >= 0.6 is 27.7 Å². The van der Waals surface area contributed by atoms with Crippen LogP contribution < -0.4 is 10.1 Å². The number of hydrogen-bond acceptors (Lipinski definition) is 5. The van der Waals surface area contributed by atoms with Crippen LogP contribution in [0.5, 0.6) is 5.75 Å². The van der Waals surface area contributed by atoms with E-state index in [0.29, 0.717) is 22.4 Å². The van der Waals surface area contributed by atoms with Crippen molar-refractivity contribution in [3.8, 4) is 11.4 Å². The lowest BCUT2D eigenvalue weighted by Gasteiger charge is -2.26. The van der Waals surface area contributed by atoms with Crippen molar-refractivity contribution in [2.75, 3.05) is 16.8 Å². The first-order valence-electron chi connectivity index (χ1n) is 6.24. The van der Waals surface area contributed by atoms with Gasteiger partial charge in [-0.2, -0.15) is 21.4 Å². The molecular weight excluding hydrogens is 385 g/mol. The van der Waals surface area contributed by atoms with Gasteiger partial charge in [0.15, 0.2) is 0 Å². The van der Waals surface area contributed by atoms with E-state index in [4.69, 9.17) is 0 Å². The summed E-state index contributed by atoms with van der Waals surface area (Å²) < 4.78 is 42.2. The summed E-state index contributed by atoms with van der Waals surface area (Å²) in [4.78, 5) is 4.23. The minimum absolute atomic E-state index is 0.277. The first-order valence-corrected chi connectivity index (χ1v) is 8.18. The molecule has 1 aromatic carbocycles. The zero-order valence-corrected chi connectivity index (χ0v) is 13.4. The summed E-state index contributed by atoms with van der Waals surface area (Å²) in [5.74, 6) is 2.24. The maximum absolute atomic E-state index is 12.2. The fourth-order valence-corrected chi connectivity index (χ4v) is 2.82. The molecule has 22 heavy (non-hydrogen) atoms. The molecule has 10 heteroatoms. The summed E-state index contributed by atoms with van der Waals surface area (Å²) in [5, 5.41) is 7.43. The first-order chi connectivity index (χ1) is 10.4. The van der Waals surface area contributed by atoms with Gasteiger partial charge in [0.05, 0.1) is 5.69 Å². The zero-order valence-electron chi connectivity index (χ0n) is 11.0. The van der Waals surface area contributed by atoms with Crippen molar-refractivity contribution in [1.82, 2.24) is 14.8 Å². The van der Waals surface area contributed by atoms with Gasteiger partial charge in [-0.3, -0.25) is 0 Å². The van der Waals surface area contributed by atoms with E-state index in [1.807, 2.05) is 11.8 Å². The van der Waals surface area contributed by atoms with Gasteiger partial charge in [0.1, 0.15) is 5.75 Å². The van der Waals surface area contributed by atoms with Crippen molar-refractivity contribution in [1.29, 1.82) is 0 Å². The van der Waals surface area contributed by atoms with Gasteiger partial charge in [-0.15, -0.1) is 18.3 Å². The standard InChI is InChI=1S/C12H10BrF3N4OS/c13-10-18-11(17-7-5-22-6-7)20(19-10)8-1-3-9(4-2-8)21-12(14,15)16/h1-4,7H,5-6H2,(H,17,18,19). The lowest BCUT2D eigenvalue weighted by Crippen LogP contribution is -2.34. The normalized spacial score (nSPS) is 15.5. The van der Waals surface area contributed by atoms with E-state index in [-0.39, 0.29) is 5.75 Å².